The molecule has 1 aliphatic heterocycles. The number of amides is 2. The summed E-state index contributed by atoms with van der Waals surface area (Å²) in [5, 5.41) is 12.5. The van der Waals surface area contributed by atoms with Crippen LogP contribution >= 0.6 is 11.8 Å². The lowest BCUT2D eigenvalue weighted by atomic mass is 10.1. The number of imide groups is 1. The van der Waals surface area contributed by atoms with Gasteiger partial charge in [-0.25, -0.2) is 0 Å². The monoisotopic (exact) mass is 264 g/mol. The Morgan fingerprint density at radius 3 is 2.67 bits per heavy atom. The minimum absolute atomic E-state index is 0.0147. The van der Waals surface area contributed by atoms with Crippen molar-refractivity contribution >= 4 is 34.7 Å². The van der Waals surface area contributed by atoms with E-state index in [1.807, 2.05) is 0 Å². The molecule has 6 nitrogen and oxygen atoms in total. The Bertz CT molecular complexity index is 595. The van der Waals surface area contributed by atoms with Crippen LogP contribution < -0.4 is 5.32 Å². The molecule has 2 rings (SSSR count). The highest BCUT2D eigenvalue weighted by Gasteiger charge is 2.25. The number of carbonyl (C=O) groups excluding carboxylic acids is 2. The third-order valence-corrected chi connectivity index (χ3v) is 3.18. The quantitative estimate of drug-likeness (QED) is 0.502. The standard InChI is InChI=1S/C11H8N2O4S/c1-6-2-3-7(4-8(6)13(16)17)5-9-10(14)12-11(15)18-9/h2-5H,1H3,(H,12,14,15)/b9-5-. The molecule has 18 heavy (non-hydrogen) atoms. The number of hydrogen-bond acceptors (Lipinski definition) is 5. The minimum Gasteiger partial charge on any atom is -0.282 e. The van der Waals surface area contributed by atoms with E-state index >= 15 is 0 Å². The fourth-order valence-corrected chi connectivity index (χ4v) is 2.17. The smallest absolute Gasteiger partial charge is 0.282 e. The van der Waals surface area contributed by atoms with Crippen molar-refractivity contribution < 1.29 is 14.5 Å². The first kappa shape index (κ1) is 12.3. The predicted octanol–water partition coefficient (Wildman–Crippen LogP) is 2.23. The molecule has 0 aromatic heterocycles. The van der Waals surface area contributed by atoms with Crippen LogP contribution in [0.25, 0.3) is 6.08 Å². The molecule has 0 unspecified atom stereocenters. The van der Waals surface area contributed by atoms with Crippen LogP contribution in [0.4, 0.5) is 10.5 Å². The van der Waals surface area contributed by atoms with E-state index in [1.54, 1.807) is 19.1 Å². The lowest BCUT2D eigenvalue weighted by Crippen LogP contribution is -2.17. The molecule has 1 aliphatic rings. The highest BCUT2D eigenvalue weighted by molar-refractivity contribution is 8.18. The van der Waals surface area contributed by atoms with Crippen LogP contribution in [0.15, 0.2) is 23.1 Å². The number of rotatable bonds is 2. The Kier molecular flexibility index (Phi) is 3.15. The van der Waals surface area contributed by atoms with Crippen molar-refractivity contribution in [3.8, 4) is 0 Å². The van der Waals surface area contributed by atoms with Crippen LogP contribution in [0.2, 0.25) is 0 Å². The molecule has 0 bridgehead atoms. The van der Waals surface area contributed by atoms with E-state index in [9.17, 15) is 19.7 Å². The number of benzene rings is 1. The zero-order valence-corrected chi connectivity index (χ0v) is 10.1. The summed E-state index contributed by atoms with van der Waals surface area (Å²) in [6.45, 7) is 1.63. The van der Waals surface area contributed by atoms with E-state index < -0.39 is 16.1 Å². The van der Waals surface area contributed by atoms with E-state index in [0.717, 1.165) is 11.8 Å². The third-order valence-electron chi connectivity index (χ3n) is 2.37. The summed E-state index contributed by atoms with van der Waals surface area (Å²) < 4.78 is 0. The van der Waals surface area contributed by atoms with Crippen LogP contribution in [0.3, 0.4) is 0 Å². The van der Waals surface area contributed by atoms with Crippen LogP contribution in [0, 0.1) is 17.0 Å². The van der Waals surface area contributed by atoms with Crippen molar-refractivity contribution in [2.45, 2.75) is 6.92 Å². The lowest BCUT2D eigenvalue weighted by molar-refractivity contribution is -0.385. The van der Waals surface area contributed by atoms with E-state index in [-0.39, 0.29) is 10.6 Å². The molecule has 1 N–H and O–H groups in total. The first-order valence-electron chi connectivity index (χ1n) is 4.97. The van der Waals surface area contributed by atoms with Gasteiger partial charge in [0.25, 0.3) is 16.8 Å². The summed E-state index contributed by atoms with van der Waals surface area (Å²) in [6, 6.07) is 4.63. The van der Waals surface area contributed by atoms with Crippen molar-refractivity contribution in [2.75, 3.05) is 0 Å². The molecule has 0 radical (unpaired) electrons. The molecule has 0 spiro atoms. The fraction of sp³-hybridized carbons (Fsp3) is 0.0909. The molecule has 1 fully saturated rings. The molecular formula is C11H8N2O4S. The average molecular weight is 264 g/mol. The number of nitro groups is 1. The van der Waals surface area contributed by atoms with Gasteiger partial charge in [-0.1, -0.05) is 12.1 Å². The van der Waals surface area contributed by atoms with Gasteiger partial charge in [-0.15, -0.1) is 0 Å². The average Bonchev–Trinajstić information content (AvgIpc) is 2.60. The summed E-state index contributed by atoms with van der Waals surface area (Å²) in [5.41, 5.74) is 1.04. The van der Waals surface area contributed by atoms with Gasteiger partial charge in [-0.3, -0.25) is 25.0 Å². The summed E-state index contributed by atoms with van der Waals surface area (Å²) in [4.78, 5) is 32.8. The van der Waals surface area contributed by atoms with Crippen LogP contribution in [-0.4, -0.2) is 16.1 Å². The molecule has 1 aromatic carbocycles. The van der Waals surface area contributed by atoms with E-state index in [2.05, 4.69) is 5.32 Å². The second-order valence-corrected chi connectivity index (χ2v) is 4.67. The zero-order valence-electron chi connectivity index (χ0n) is 9.30. The number of thioether (sulfide) groups is 1. The molecule has 92 valence electrons. The number of hydrogen-bond donors (Lipinski definition) is 1. The molecule has 1 heterocycles. The van der Waals surface area contributed by atoms with Crippen molar-refractivity contribution in [1.82, 2.24) is 5.32 Å². The van der Waals surface area contributed by atoms with E-state index in [0.29, 0.717) is 11.1 Å². The van der Waals surface area contributed by atoms with Crippen LogP contribution in [0.5, 0.6) is 0 Å². The van der Waals surface area contributed by atoms with Gasteiger partial charge >= 0.3 is 0 Å². The fourth-order valence-electron chi connectivity index (χ4n) is 1.49. The largest absolute Gasteiger partial charge is 0.290 e. The van der Waals surface area contributed by atoms with Gasteiger partial charge in [-0.05, 0) is 30.3 Å². The van der Waals surface area contributed by atoms with E-state index in [4.69, 9.17) is 0 Å². The molecule has 1 aromatic rings. The van der Waals surface area contributed by atoms with Gasteiger partial charge in [0.1, 0.15) is 0 Å². The summed E-state index contributed by atoms with van der Waals surface area (Å²) >= 11 is 0.779. The number of nitrogens with one attached hydrogen (secondary N) is 1. The van der Waals surface area contributed by atoms with Gasteiger partial charge in [0, 0.05) is 11.6 Å². The minimum atomic E-state index is -0.482. The van der Waals surface area contributed by atoms with Crippen molar-refractivity contribution in [1.29, 1.82) is 0 Å². The number of aryl methyl sites for hydroxylation is 1. The second kappa shape index (κ2) is 4.61. The predicted molar refractivity (Wildman–Crippen MR) is 66.9 cm³/mol. The van der Waals surface area contributed by atoms with Gasteiger partial charge in [0.15, 0.2) is 0 Å². The first-order chi connectivity index (χ1) is 8.47. The molecule has 2 amide bonds. The zero-order chi connectivity index (χ0) is 13.3. The van der Waals surface area contributed by atoms with Gasteiger partial charge in [-0.2, -0.15) is 0 Å². The summed E-state index contributed by atoms with van der Waals surface area (Å²) in [5.74, 6) is -0.478. The van der Waals surface area contributed by atoms with Gasteiger partial charge < -0.3 is 0 Å². The number of carbonyl (C=O) groups is 2. The van der Waals surface area contributed by atoms with Crippen molar-refractivity contribution in [3.63, 3.8) is 0 Å². The maximum Gasteiger partial charge on any atom is 0.290 e. The Labute approximate surface area is 106 Å². The third kappa shape index (κ3) is 2.40. The van der Waals surface area contributed by atoms with Crippen LogP contribution in [-0.2, 0) is 4.79 Å². The Morgan fingerprint density at radius 1 is 1.39 bits per heavy atom. The highest BCUT2D eigenvalue weighted by atomic mass is 32.2. The summed E-state index contributed by atoms with van der Waals surface area (Å²) in [6.07, 6.45) is 1.46. The Balaban J connectivity index is 2.38. The van der Waals surface area contributed by atoms with Crippen molar-refractivity contribution in [3.05, 3.63) is 44.3 Å². The molecule has 0 saturated carbocycles. The van der Waals surface area contributed by atoms with E-state index in [1.165, 1.54) is 12.1 Å². The van der Waals surface area contributed by atoms with Crippen molar-refractivity contribution in [2.24, 2.45) is 0 Å². The lowest BCUT2D eigenvalue weighted by Gasteiger charge is -1.99. The molecular weight excluding hydrogens is 256 g/mol. The number of nitro benzene ring substituents is 1. The Morgan fingerprint density at radius 2 is 2.11 bits per heavy atom. The topological polar surface area (TPSA) is 89.3 Å². The molecule has 7 heteroatoms. The number of nitrogens with zero attached hydrogens (tertiary/aromatic N) is 1. The van der Waals surface area contributed by atoms with Gasteiger partial charge in [0.2, 0.25) is 0 Å². The van der Waals surface area contributed by atoms with Crippen LogP contribution in [0.1, 0.15) is 11.1 Å². The highest BCUT2D eigenvalue weighted by Crippen LogP contribution is 2.27. The second-order valence-electron chi connectivity index (χ2n) is 3.66. The molecule has 1 saturated heterocycles. The molecule has 0 aliphatic carbocycles. The van der Waals surface area contributed by atoms with Gasteiger partial charge in [0.05, 0.1) is 9.83 Å². The normalized spacial score (nSPS) is 17.1. The molecule has 0 atom stereocenters. The first-order valence-corrected chi connectivity index (χ1v) is 5.79. The maximum absolute atomic E-state index is 11.3. The Hall–Kier alpha value is -2.15. The maximum atomic E-state index is 11.3. The summed E-state index contributed by atoms with van der Waals surface area (Å²) in [7, 11) is 0. The SMILES string of the molecule is Cc1ccc(/C=C2\SC(=O)NC2=O)cc1[N+](=O)[O-].